The van der Waals surface area contributed by atoms with Gasteiger partial charge in [0.1, 0.15) is 0 Å². The van der Waals surface area contributed by atoms with Crippen LogP contribution >= 0.6 is 0 Å². The number of hydrogen-bond donors (Lipinski definition) is 1. The Kier molecular flexibility index (Phi) is 7.92. The molecule has 1 unspecified atom stereocenters. The molecule has 108 valence electrons. The lowest BCUT2D eigenvalue weighted by atomic mass is 9.76. The van der Waals surface area contributed by atoms with Crippen molar-refractivity contribution in [3.63, 3.8) is 0 Å². The Morgan fingerprint density at radius 3 is 2.00 bits per heavy atom. The van der Waals surface area contributed by atoms with Gasteiger partial charge in [0.25, 0.3) is 0 Å². The van der Waals surface area contributed by atoms with Crippen LogP contribution in [0.15, 0.2) is 0 Å². The van der Waals surface area contributed by atoms with E-state index in [9.17, 15) is 0 Å². The molecular weight excluding hydrogens is 220 g/mol. The number of rotatable bonds is 5. The van der Waals surface area contributed by atoms with Gasteiger partial charge in [0, 0.05) is 13.6 Å². The van der Waals surface area contributed by atoms with Crippen LogP contribution in [0.2, 0.25) is 0 Å². The molecule has 0 heterocycles. The summed E-state index contributed by atoms with van der Waals surface area (Å²) in [6.45, 7) is 5.80. The van der Waals surface area contributed by atoms with Crippen LogP contribution in [0.4, 0.5) is 0 Å². The average molecular weight is 254 g/mol. The van der Waals surface area contributed by atoms with Gasteiger partial charge < -0.3 is 0 Å². The van der Waals surface area contributed by atoms with Crippen LogP contribution in [0.3, 0.4) is 0 Å². The first-order valence-corrected chi connectivity index (χ1v) is 8.11. The Balaban J connectivity index is 2.53. The van der Waals surface area contributed by atoms with Crippen LogP contribution in [0.5, 0.6) is 0 Å². The Hall–Kier alpha value is -0.0800. The van der Waals surface area contributed by atoms with Crippen molar-refractivity contribution in [2.24, 2.45) is 23.6 Å². The molecule has 2 atom stereocenters. The summed E-state index contributed by atoms with van der Waals surface area (Å²) in [6, 6.07) is 0. The highest BCUT2D eigenvalue weighted by Crippen LogP contribution is 2.34. The predicted molar refractivity (Wildman–Crippen MR) is 80.2 cm³/mol. The van der Waals surface area contributed by atoms with E-state index in [1.165, 1.54) is 57.8 Å². The molecule has 0 amide bonds. The van der Waals surface area contributed by atoms with Gasteiger partial charge in [0.15, 0.2) is 0 Å². The molecule has 0 saturated heterocycles. The zero-order valence-corrected chi connectivity index (χ0v) is 12.8. The molecule has 0 aromatic heterocycles. The van der Waals surface area contributed by atoms with Crippen molar-refractivity contribution in [3.05, 3.63) is 0 Å². The van der Waals surface area contributed by atoms with Crippen molar-refractivity contribution in [2.75, 3.05) is 13.6 Å². The summed E-state index contributed by atoms with van der Waals surface area (Å²) >= 11 is 0. The maximum atomic E-state index is 5.83. The molecule has 2 heteroatoms. The van der Waals surface area contributed by atoms with Crippen molar-refractivity contribution < 1.29 is 0 Å². The highest BCUT2D eigenvalue weighted by molar-refractivity contribution is 4.76. The molecule has 1 aliphatic carbocycles. The number of hydrogen-bond acceptors (Lipinski definition) is 2. The summed E-state index contributed by atoms with van der Waals surface area (Å²) in [4.78, 5) is 0. The van der Waals surface area contributed by atoms with Gasteiger partial charge in [-0.25, -0.2) is 5.01 Å². The summed E-state index contributed by atoms with van der Waals surface area (Å²) in [5.41, 5.74) is 0. The Morgan fingerprint density at radius 2 is 1.56 bits per heavy atom. The maximum absolute atomic E-state index is 5.83. The molecule has 0 radical (unpaired) electrons. The van der Waals surface area contributed by atoms with Crippen LogP contribution in [0.25, 0.3) is 0 Å². The Morgan fingerprint density at radius 1 is 1.06 bits per heavy atom. The van der Waals surface area contributed by atoms with E-state index in [-0.39, 0.29) is 0 Å². The number of hydrazine groups is 1. The van der Waals surface area contributed by atoms with Gasteiger partial charge in [-0.3, -0.25) is 5.84 Å². The lowest BCUT2D eigenvalue weighted by Gasteiger charge is -2.32. The van der Waals surface area contributed by atoms with Gasteiger partial charge in [0.2, 0.25) is 0 Å². The van der Waals surface area contributed by atoms with Crippen molar-refractivity contribution in [2.45, 2.75) is 71.6 Å². The molecule has 0 aromatic carbocycles. The van der Waals surface area contributed by atoms with E-state index in [0.717, 1.165) is 24.3 Å². The molecule has 1 rings (SSSR count). The summed E-state index contributed by atoms with van der Waals surface area (Å²) in [6.07, 6.45) is 13.0. The van der Waals surface area contributed by atoms with Crippen LogP contribution in [0, 0.1) is 17.8 Å². The van der Waals surface area contributed by atoms with E-state index >= 15 is 0 Å². The molecule has 1 saturated carbocycles. The van der Waals surface area contributed by atoms with Gasteiger partial charge >= 0.3 is 0 Å². The first-order chi connectivity index (χ1) is 8.65. The Labute approximate surface area is 114 Å². The van der Waals surface area contributed by atoms with E-state index in [1.807, 2.05) is 12.1 Å². The molecule has 0 spiro atoms. The zero-order valence-electron chi connectivity index (χ0n) is 12.8. The van der Waals surface area contributed by atoms with Gasteiger partial charge in [-0.2, -0.15) is 0 Å². The van der Waals surface area contributed by atoms with Gasteiger partial charge in [-0.1, -0.05) is 71.6 Å². The third kappa shape index (κ3) is 5.71. The molecule has 0 aliphatic heterocycles. The molecule has 2 N–H and O–H groups in total. The maximum Gasteiger partial charge on any atom is 0.0153 e. The lowest BCUT2D eigenvalue weighted by Crippen LogP contribution is -2.35. The second-order valence-corrected chi connectivity index (χ2v) is 6.45. The summed E-state index contributed by atoms with van der Waals surface area (Å²) < 4.78 is 0. The highest BCUT2D eigenvalue weighted by atomic mass is 15.4. The predicted octanol–water partition coefficient (Wildman–Crippen LogP) is 4.20. The van der Waals surface area contributed by atoms with Crippen molar-refractivity contribution in [3.8, 4) is 0 Å². The molecule has 1 aliphatic rings. The van der Waals surface area contributed by atoms with E-state index in [2.05, 4.69) is 13.8 Å². The molecule has 0 bridgehead atoms. The minimum absolute atomic E-state index is 0.732. The molecular formula is C16H34N2. The van der Waals surface area contributed by atoms with E-state index in [4.69, 9.17) is 5.84 Å². The molecule has 18 heavy (non-hydrogen) atoms. The molecule has 1 fully saturated rings. The van der Waals surface area contributed by atoms with E-state index in [0.29, 0.717) is 0 Å². The fourth-order valence-corrected chi connectivity index (χ4v) is 3.88. The summed E-state index contributed by atoms with van der Waals surface area (Å²) in [7, 11) is 1.99. The zero-order chi connectivity index (χ0) is 13.4. The first kappa shape index (κ1) is 16.0. The standard InChI is InChI=1S/C16H34N2/c1-4-16(14(2)13-18(3)17)15-11-9-7-5-6-8-10-12-15/h14-16H,4-13,17H2,1-3H3/t14-,16?/m1/s1. The van der Waals surface area contributed by atoms with E-state index < -0.39 is 0 Å². The van der Waals surface area contributed by atoms with E-state index in [1.54, 1.807) is 0 Å². The highest BCUT2D eigenvalue weighted by Gasteiger charge is 2.25. The normalized spacial score (nSPS) is 23.2. The van der Waals surface area contributed by atoms with Crippen LogP contribution in [-0.2, 0) is 0 Å². The molecule has 2 nitrogen and oxygen atoms in total. The van der Waals surface area contributed by atoms with Gasteiger partial charge in [-0.15, -0.1) is 0 Å². The number of nitrogens with zero attached hydrogens (tertiary/aromatic N) is 1. The van der Waals surface area contributed by atoms with Crippen LogP contribution in [-0.4, -0.2) is 18.6 Å². The van der Waals surface area contributed by atoms with Crippen molar-refractivity contribution >= 4 is 0 Å². The van der Waals surface area contributed by atoms with Crippen molar-refractivity contribution in [1.82, 2.24) is 5.01 Å². The smallest absolute Gasteiger partial charge is 0.0153 e. The number of nitrogens with two attached hydrogens (primary N) is 1. The SMILES string of the molecule is CCC(C1CCCCCCCC1)[C@H](C)CN(C)N. The van der Waals surface area contributed by atoms with Crippen LogP contribution < -0.4 is 5.84 Å². The Bertz CT molecular complexity index is 193. The van der Waals surface area contributed by atoms with Gasteiger partial charge in [0.05, 0.1) is 0 Å². The fraction of sp³-hybridized carbons (Fsp3) is 1.00. The minimum Gasteiger partial charge on any atom is -0.269 e. The first-order valence-electron chi connectivity index (χ1n) is 8.11. The summed E-state index contributed by atoms with van der Waals surface area (Å²) in [5, 5.41) is 1.86. The largest absolute Gasteiger partial charge is 0.269 e. The minimum atomic E-state index is 0.732. The second kappa shape index (κ2) is 8.92. The third-order valence-electron chi connectivity index (χ3n) is 4.78. The molecule has 0 aromatic rings. The summed E-state index contributed by atoms with van der Waals surface area (Å²) in [5.74, 6) is 8.38. The third-order valence-corrected chi connectivity index (χ3v) is 4.78. The quantitative estimate of drug-likeness (QED) is 0.588. The van der Waals surface area contributed by atoms with Crippen molar-refractivity contribution in [1.29, 1.82) is 0 Å². The monoisotopic (exact) mass is 254 g/mol. The van der Waals surface area contributed by atoms with Gasteiger partial charge in [-0.05, 0) is 17.8 Å². The lowest BCUT2D eigenvalue weighted by molar-refractivity contribution is 0.161. The topological polar surface area (TPSA) is 29.3 Å². The second-order valence-electron chi connectivity index (χ2n) is 6.45. The average Bonchev–Trinajstić information content (AvgIpc) is 2.43. The fourth-order valence-electron chi connectivity index (χ4n) is 3.88. The van der Waals surface area contributed by atoms with Crippen LogP contribution in [0.1, 0.15) is 71.6 Å².